The van der Waals surface area contributed by atoms with Gasteiger partial charge >= 0.3 is 0 Å². The Labute approximate surface area is 83.4 Å². The van der Waals surface area contributed by atoms with E-state index in [9.17, 15) is 0 Å². The molecule has 0 aliphatic rings. The second kappa shape index (κ2) is 4.72. The predicted molar refractivity (Wildman–Crippen MR) is 60.3 cm³/mol. The SMILES string of the molecule is N=C(N)c1cccc(C=CCS)c1. The van der Waals surface area contributed by atoms with Crippen molar-refractivity contribution in [2.45, 2.75) is 0 Å². The number of nitrogens with one attached hydrogen (secondary N) is 1. The lowest BCUT2D eigenvalue weighted by molar-refractivity contribution is 1.42. The summed E-state index contributed by atoms with van der Waals surface area (Å²) in [6, 6.07) is 7.55. The lowest BCUT2D eigenvalue weighted by atomic mass is 10.1. The van der Waals surface area contributed by atoms with Crippen LogP contribution >= 0.6 is 12.6 Å². The zero-order valence-corrected chi connectivity index (χ0v) is 8.09. The second-order valence-electron chi connectivity index (χ2n) is 2.62. The molecular formula is C10H12N2S. The van der Waals surface area contributed by atoms with Gasteiger partial charge in [-0.3, -0.25) is 5.41 Å². The molecule has 2 nitrogen and oxygen atoms in total. The molecule has 3 N–H and O–H groups in total. The number of benzene rings is 1. The predicted octanol–water partition coefficient (Wildman–Crippen LogP) is 1.91. The highest BCUT2D eigenvalue weighted by molar-refractivity contribution is 7.80. The Bertz CT molecular complexity index is 331. The molecule has 0 saturated carbocycles. The summed E-state index contributed by atoms with van der Waals surface area (Å²) in [5, 5.41) is 7.25. The molecule has 0 bridgehead atoms. The van der Waals surface area contributed by atoms with Crippen molar-refractivity contribution in [3.05, 3.63) is 41.5 Å². The van der Waals surface area contributed by atoms with Crippen LogP contribution in [0.3, 0.4) is 0 Å². The highest BCUT2D eigenvalue weighted by Crippen LogP contribution is 2.06. The van der Waals surface area contributed by atoms with Gasteiger partial charge in [0.05, 0.1) is 0 Å². The van der Waals surface area contributed by atoms with E-state index in [2.05, 4.69) is 12.6 Å². The molecule has 1 aromatic rings. The average molecular weight is 192 g/mol. The van der Waals surface area contributed by atoms with Crippen LogP contribution in [0.1, 0.15) is 11.1 Å². The van der Waals surface area contributed by atoms with E-state index >= 15 is 0 Å². The zero-order valence-electron chi connectivity index (χ0n) is 7.20. The van der Waals surface area contributed by atoms with Crippen molar-refractivity contribution in [1.82, 2.24) is 0 Å². The molecule has 68 valence electrons. The van der Waals surface area contributed by atoms with Gasteiger partial charge in [0.25, 0.3) is 0 Å². The highest BCUT2D eigenvalue weighted by atomic mass is 32.1. The number of hydrogen-bond acceptors (Lipinski definition) is 2. The molecule has 0 atom stereocenters. The van der Waals surface area contributed by atoms with Gasteiger partial charge in [-0.05, 0) is 11.6 Å². The Hall–Kier alpha value is -1.22. The number of thiol groups is 1. The minimum absolute atomic E-state index is 0.0983. The van der Waals surface area contributed by atoms with Gasteiger partial charge < -0.3 is 5.73 Å². The molecule has 0 saturated heterocycles. The normalized spacial score (nSPS) is 10.5. The van der Waals surface area contributed by atoms with Gasteiger partial charge in [-0.1, -0.05) is 30.4 Å². The summed E-state index contributed by atoms with van der Waals surface area (Å²) in [5.41, 5.74) is 7.15. The highest BCUT2D eigenvalue weighted by Gasteiger charge is 1.94. The van der Waals surface area contributed by atoms with Crippen LogP contribution < -0.4 is 5.73 Å². The van der Waals surface area contributed by atoms with E-state index in [4.69, 9.17) is 11.1 Å². The minimum Gasteiger partial charge on any atom is -0.384 e. The third kappa shape index (κ3) is 2.95. The molecule has 0 amide bonds. The molecule has 0 spiro atoms. The van der Waals surface area contributed by atoms with E-state index in [0.717, 1.165) is 11.1 Å². The smallest absolute Gasteiger partial charge is 0.122 e. The molecule has 0 aliphatic carbocycles. The lowest BCUT2D eigenvalue weighted by Crippen LogP contribution is -2.10. The van der Waals surface area contributed by atoms with Gasteiger partial charge in [0, 0.05) is 11.3 Å². The molecule has 0 radical (unpaired) electrons. The fourth-order valence-electron chi connectivity index (χ4n) is 0.999. The first-order valence-corrected chi connectivity index (χ1v) is 4.59. The Morgan fingerprint density at radius 3 is 2.92 bits per heavy atom. The zero-order chi connectivity index (χ0) is 9.68. The van der Waals surface area contributed by atoms with Gasteiger partial charge in [0.15, 0.2) is 0 Å². The van der Waals surface area contributed by atoms with Crippen molar-refractivity contribution in [3.8, 4) is 0 Å². The Kier molecular flexibility index (Phi) is 3.58. The van der Waals surface area contributed by atoms with Gasteiger partial charge in [-0.25, -0.2) is 0 Å². The van der Waals surface area contributed by atoms with Gasteiger partial charge in [0.2, 0.25) is 0 Å². The van der Waals surface area contributed by atoms with E-state index in [-0.39, 0.29) is 5.84 Å². The first-order chi connectivity index (χ1) is 6.24. The molecule has 0 aromatic heterocycles. The summed E-state index contributed by atoms with van der Waals surface area (Å²) in [4.78, 5) is 0. The van der Waals surface area contributed by atoms with Crippen LogP contribution in [0.4, 0.5) is 0 Å². The van der Waals surface area contributed by atoms with Crippen molar-refractivity contribution in [2.75, 3.05) is 5.75 Å². The molecule has 0 unspecified atom stereocenters. The van der Waals surface area contributed by atoms with E-state index in [1.165, 1.54) is 0 Å². The minimum atomic E-state index is 0.0983. The van der Waals surface area contributed by atoms with Crippen molar-refractivity contribution < 1.29 is 0 Å². The van der Waals surface area contributed by atoms with Crippen molar-refractivity contribution in [3.63, 3.8) is 0 Å². The van der Waals surface area contributed by atoms with Crippen LogP contribution in [-0.4, -0.2) is 11.6 Å². The maximum atomic E-state index is 7.25. The number of rotatable bonds is 3. The number of nitrogens with two attached hydrogens (primary N) is 1. The molecule has 1 aromatic carbocycles. The topological polar surface area (TPSA) is 49.9 Å². The van der Waals surface area contributed by atoms with Crippen molar-refractivity contribution in [1.29, 1.82) is 5.41 Å². The molecular weight excluding hydrogens is 180 g/mol. The van der Waals surface area contributed by atoms with Crippen LogP contribution in [0.2, 0.25) is 0 Å². The Morgan fingerprint density at radius 2 is 2.31 bits per heavy atom. The van der Waals surface area contributed by atoms with Gasteiger partial charge in [-0.15, -0.1) is 0 Å². The Balaban J connectivity index is 2.92. The molecule has 1 rings (SSSR count). The molecule has 13 heavy (non-hydrogen) atoms. The van der Waals surface area contributed by atoms with Crippen LogP contribution in [-0.2, 0) is 0 Å². The summed E-state index contributed by atoms with van der Waals surface area (Å²) in [7, 11) is 0. The van der Waals surface area contributed by atoms with E-state index in [1.54, 1.807) is 0 Å². The van der Waals surface area contributed by atoms with Crippen LogP contribution in [0, 0.1) is 5.41 Å². The summed E-state index contributed by atoms with van der Waals surface area (Å²) in [6.07, 6.45) is 3.90. The first kappa shape index (κ1) is 9.86. The fourth-order valence-corrected chi connectivity index (χ4v) is 1.10. The third-order valence-electron chi connectivity index (χ3n) is 1.61. The summed E-state index contributed by atoms with van der Waals surface area (Å²) in [6.45, 7) is 0. The van der Waals surface area contributed by atoms with Gasteiger partial charge in [0.1, 0.15) is 5.84 Å². The average Bonchev–Trinajstić information content (AvgIpc) is 2.15. The number of nitrogen functional groups attached to an aromatic ring is 1. The summed E-state index contributed by atoms with van der Waals surface area (Å²) >= 11 is 4.06. The van der Waals surface area contributed by atoms with Crippen LogP contribution in [0.15, 0.2) is 30.3 Å². The van der Waals surface area contributed by atoms with E-state index in [1.807, 2.05) is 36.4 Å². The number of amidine groups is 1. The maximum absolute atomic E-state index is 7.25. The Morgan fingerprint density at radius 1 is 1.54 bits per heavy atom. The molecule has 0 heterocycles. The van der Waals surface area contributed by atoms with E-state index < -0.39 is 0 Å². The van der Waals surface area contributed by atoms with Crippen molar-refractivity contribution in [2.24, 2.45) is 5.73 Å². The lowest BCUT2D eigenvalue weighted by Gasteiger charge is -1.98. The standard InChI is InChI=1S/C10H12N2S/c11-10(12)9-5-1-3-8(7-9)4-2-6-13/h1-5,7,13H,6H2,(H3,11,12). The maximum Gasteiger partial charge on any atom is 0.122 e. The largest absolute Gasteiger partial charge is 0.384 e. The van der Waals surface area contributed by atoms with E-state index in [0.29, 0.717) is 5.75 Å². The molecule has 0 fully saturated rings. The molecule has 3 heteroatoms. The van der Waals surface area contributed by atoms with Gasteiger partial charge in [-0.2, -0.15) is 12.6 Å². The van der Waals surface area contributed by atoms with Crippen LogP contribution in [0.25, 0.3) is 6.08 Å². The summed E-state index contributed by atoms with van der Waals surface area (Å²) < 4.78 is 0. The molecule has 0 aliphatic heterocycles. The summed E-state index contributed by atoms with van der Waals surface area (Å²) in [5.74, 6) is 0.811. The quantitative estimate of drug-likeness (QED) is 0.382. The van der Waals surface area contributed by atoms with Crippen molar-refractivity contribution >= 4 is 24.5 Å². The third-order valence-corrected chi connectivity index (χ3v) is 1.82. The fraction of sp³-hybridized carbons (Fsp3) is 0.100. The second-order valence-corrected chi connectivity index (χ2v) is 2.99. The van der Waals surface area contributed by atoms with Crippen LogP contribution in [0.5, 0.6) is 0 Å². The number of hydrogen-bond donors (Lipinski definition) is 3. The monoisotopic (exact) mass is 192 g/mol. The first-order valence-electron chi connectivity index (χ1n) is 3.96.